The standard InChI is InChI=1S/C18H19N3O4.ClH/c1-22-14-6-5-11(7-15(14)23-2)21-18-12-8-16(24-3)17(25-4)9-13(12)19-10-20-18;/h5-10H,1-4H3,(H,19,20,21);1H. The van der Waals surface area contributed by atoms with E-state index in [9.17, 15) is 0 Å². The van der Waals surface area contributed by atoms with Gasteiger partial charge >= 0.3 is 0 Å². The normalized spacial score (nSPS) is 10.0. The molecule has 0 aliphatic rings. The summed E-state index contributed by atoms with van der Waals surface area (Å²) in [6.07, 6.45) is 1.50. The Hall–Kier alpha value is -2.93. The van der Waals surface area contributed by atoms with E-state index in [1.54, 1.807) is 28.4 Å². The average molecular weight is 378 g/mol. The first-order valence-electron chi connectivity index (χ1n) is 7.56. The summed E-state index contributed by atoms with van der Waals surface area (Å²) in [6.45, 7) is 0. The van der Waals surface area contributed by atoms with Gasteiger partial charge in [-0.3, -0.25) is 0 Å². The van der Waals surface area contributed by atoms with E-state index >= 15 is 0 Å². The molecule has 3 aromatic rings. The zero-order valence-electron chi connectivity index (χ0n) is 14.9. The molecule has 0 aliphatic carbocycles. The Morgan fingerprint density at radius 2 is 1.35 bits per heavy atom. The van der Waals surface area contributed by atoms with Crippen LogP contribution in [0.2, 0.25) is 0 Å². The summed E-state index contributed by atoms with van der Waals surface area (Å²) in [4.78, 5) is 8.64. The molecule has 0 saturated heterocycles. The molecule has 1 N–H and O–H groups in total. The van der Waals surface area contributed by atoms with Crippen molar-refractivity contribution in [2.45, 2.75) is 0 Å². The van der Waals surface area contributed by atoms with Crippen LogP contribution in [0.1, 0.15) is 0 Å². The summed E-state index contributed by atoms with van der Waals surface area (Å²) in [5.41, 5.74) is 1.56. The number of hydrogen-bond donors (Lipinski definition) is 1. The molecule has 0 radical (unpaired) electrons. The van der Waals surface area contributed by atoms with Gasteiger partial charge in [0.25, 0.3) is 0 Å². The topological polar surface area (TPSA) is 74.7 Å². The van der Waals surface area contributed by atoms with Crippen molar-refractivity contribution in [3.05, 3.63) is 36.7 Å². The number of hydrogen-bond acceptors (Lipinski definition) is 7. The van der Waals surface area contributed by atoms with Crippen molar-refractivity contribution in [3.63, 3.8) is 0 Å². The predicted octanol–water partition coefficient (Wildman–Crippen LogP) is 3.83. The molecule has 26 heavy (non-hydrogen) atoms. The first kappa shape index (κ1) is 19.4. The lowest BCUT2D eigenvalue weighted by Crippen LogP contribution is -1.99. The molecule has 2 aromatic carbocycles. The fraction of sp³-hybridized carbons (Fsp3) is 0.222. The molecule has 1 aromatic heterocycles. The van der Waals surface area contributed by atoms with Crippen LogP contribution in [0.15, 0.2) is 36.7 Å². The van der Waals surface area contributed by atoms with Crippen LogP contribution in [0.4, 0.5) is 11.5 Å². The summed E-state index contributed by atoms with van der Waals surface area (Å²) in [5, 5.41) is 4.09. The number of anilines is 2. The van der Waals surface area contributed by atoms with Crippen molar-refractivity contribution >= 4 is 34.8 Å². The molecule has 7 nitrogen and oxygen atoms in total. The van der Waals surface area contributed by atoms with Gasteiger partial charge in [-0.25, -0.2) is 9.97 Å². The lowest BCUT2D eigenvalue weighted by atomic mass is 10.2. The van der Waals surface area contributed by atoms with E-state index in [2.05, 4.69) is 15.3 Å². The second-order valence-electron chi connectivity index (χ2n) is 5.14. The van der Waals surface area contributed by atoms with Gasteiger partial charge in [-0.2, -0.15) is 0 Å². The van der Waals surface area contributed by atoms with E-state index in [0.29, 0.717) is 28.8 Å². The number of nitrogens with one attached hydrogen (secondary N) is 1. The third-order valence-corrected chi connectivity index (χ3v) is 3.79. The Labute approximate surface area is 157 Å². The lowest BCUT2D eigenvalue weighted by Gasteiger charge is -2.13. The molecule has 0 unspecified atom stereocenters. The minimum Gasteiger partial charge on any atom is -0.493 e. The number of methoxy groups -OCH3 is 4. The second-order valence-corrected chi connectivity index (χ2v) is 5.14. The van der Waals surface area contributed by atoms with E-state index in [1.807, 2.05) is 30.3 Å². The number of benzene rings is 2. The highest BCUT2D eigenvalue weighted by atomic mass is 35.5. The van der Waals surface area contributed by atoms with Crippen LogP contribution in [0.5, 0.6) is 23.0 Å². The second kappa shape index (κ2) is 8.44. The summed E-state index contributed by atoms with van der Waals surface area (Å²) in [7, 11) is 6.38. The third kappa shape index (κ3) is 3.67. The Balaban J connectivity index is 0.00000243. The van der Waals surface area contributed by atoms with Gasteiger partial charge in [0, 0.05) is 23.2 Å². The van der Waals surface area contributed by atoms with Crippen LogP contribution < -0.4 is 24.3 Å². The van der Waals surface area contributed by atoms with Crippen molar-refractivity contribution in [3.8, 4) is 23.0 Å². The van der Waals surface area contributed by atoms with Gasteiger partial charge in [0.2, 0.25) is 0 Å². The molecular formula is C18H20ClN3O4. The van der Waals surface area contributed by atoms with E-state index in [-0.39, 0.29) is 12.4 Å². The van der Waals surface area contributed by atoms with Crippen LogP contribution >= 0.6 is 12.4 Å². The van der Waals surface area contributed by atoms with Crippen LogP contribution in [-0.4, -0.2) is 38.4 Å². The Bertz CT molecular complexity index is 905. The van der Waals surface area contributed by atoms with Gasteiger partial charge in [0.1, 0.15) is 12.1 Å². The minimum absolute atomic E-state index is 0. The van der Waals surface area contributed by atoms with Crippen LogP contribution in [0.3, 0.4) is 0 Å². The first-order chi connectivity index (χ1) is 12.2. The number of fused-ring (bicyclic) bond motifs is 1. The smallest absolute Gasteiger partial charge is 0.162 e. The molecule has 0 bridgehead atoms. The Morgan fingerprint density at radius 1 is 0.731 bits per heavy atom. The summed E-state index contributed by atoms with van der Waals surface area (Å²) in [6, 6.07) is 9.21. The highest BCUT2D eigenvalue weighted by Gasteiger charge is 2.12. The quantitative estimate of drug-likeness (QED) is 0.699. The number of nitrogens with zero attached hydrogens (tertiary/aromatic N) is 2. The molecule has 0 spiro atoms. The Morgan fingerprint density at radius 3 is 2.00 bits per heavy atom. The maximum absolute atomic E-state index is 5.37. The number of ether oxygens (including phenoxy) is 4. The number of aromatic nitrogens is 2. The van der Waals surface area contributed by atoms with Crippen LogP contribution in [0.25, 0.3) is 10.9 Å². The number of rotatable bonds is 6. The lowest BCUT2D eigenvalue weighted by molar-refractivity contribution is 0.355. The van der Waals surface area contributed by atoms with Gasteiger partial charge in [0.05, 0.1) is 34.0 Å². The van der Waals surface area contributed by atoms with Crippen LogP contribution in [-0.2, 0) is 0 Å². The fourth-order valence-electron chi connectivity index (χ4n) is 2.53. The van der Waals surface area contributed by atoms with Crippen molar-refractivity contribution in [2.24, 2.45) is 0 Å². The van der Waals surface area contributed by atoms with Gasteiger partial charge in [-0.15, -0.1) is 12.4 Å². The van der Waals surface area contributed by atoms with E-state index < -0.39 is 0 Å². The Kier molecular flexibility index (Phi) is 6.30. The molecule has 8 heteroatoms. The van der Waals surface area contributed by atoms with E-state index in [1.165, 1.54) is 6.33 Å². The van der Waals surface area contributed by atoms with Crippen LogP contribution in [0, 0.1) is 0 Å². The predicted molar refractivity (Wildman–Crippen MR) is 103 cm³/mol. The van der Waals surface area contributed by atoms with E-state index in [0.717, 1.165) is 16.6 Å². The summed E-state index contributed by atoms with van der Waals surface area (Å²) >= 11 is 0. The maximum atomic E-state index is 5.37. The molecule has 0 fully saturated rings. The molecule has 3 rings (SSSR count). The third-order valence-electron chi connectivity index (χ3n) is 3.79. The minimum atomic E-state index is 0. The molecule has 0 atom stereocenters. The summed E-state index contributed by atoms with van der Waals surface area (Å²) < 4.78 is 21.3. The van der Waals surface area contributed by atoms with E-state index in [4.69, 9.17) is 18.9 Å². The largest absolute Gasteiger partial charge is 0.493 e. The van der Waals surface area contributed by atoms with Crippen molar-refractivity contribution in [1.82, 2.24) is 9.97 Å². The zero-order valence-corrected chi connectivity index (χ0v) is 15.7. The van der Waals surface area contributed by atoms with Gasteiger partial charge in [0.15, 0.2) is 23.0 Å². The van der Waals surface area contributed by atoms with Crippen molar-refractivity contribution in [2.75, 3.05) is 33.8 Å². The van der Waals surface area contributed by atoms with Gasteiger partial charge in [-0.1, -0.05) is 0 Å². The zero-order chi connectivity index (χ0) is 17.8. The fourth-order valence-corrected chi connectivity index (χ4v) is 2.53. The molecule has 0 saturated carbocycles. The maximum Gasteiger partial charge on any atom is 0.162 e. The van der Waals surface area contributed by atoms with Gasteiger partial charge in [-0.05, 0) is 18.2 Å². The SMILES string of the molecule is COc1ccc(Nc2ncnc3cc(OC)c(OC)cc23)cc1OC.Cl. The summed E-state index contributed by atoms with van der Waals surface area (Å²) in [5.74, 6) is 3.17. The molecule has 0 amide bonds. The molecule has 138 valence electrons. The van der Waals surface area contributed by atoms with Crippen molar-refractivity contribution < 1.29 is 18.9 Å². The van der Waals surface area contributed by atoms with Gasteiger partial charge < -0.3 is 24.3 Å². The highest BCUT2D eigenvalue weighted by molar-refractivity contribution is 5.93. The van der Waals surface area contributed by atoms with Crippen molar-refractivity contribution in [1.29, 1.82) is 0 Å². The molecular weight excluding hydrogens is 358 g/mol. The molecule has 1 heterocycles. The molecule has 0 aliphatic heterocycles. The average Bonchev–Trinajstić information content (AvgIpc) is 2.66. The highest BCUT2D eigenvalue weighted by Crippen LogP contribution is 2.35. The number of halogens is 1. The monoisotopic (exact) mass is 377 g/mol. The first-order valence-corrected chi connectivity index (χ1v) is 7.56.